The molecule has 1 saturated carbocycles. The van der Waals surface area contributed by atoms with E-state index in [2.05, 4.69) is 6.07 Å². The first-order valence-corrected chi connectivity index (χ1v) is 12.1. The van der Waals surface area contributed by atoms with Crippen molar-refractivity contribution in [2.24, 2.45) is 5.92 Å². The fraction of sp³-hybridized carbons (Fsp3) is 0.615. The van der Waals surface area contributed by atoms with Gasteiger partial charge in [-0.3, -0.25) is 4.79 Å². The largest absolute Gasteiger partial charge is 0.496 e. The van der Waals surface area contributed by atoms with E-state index in [1.165, 1.54) is 6.42 Å². The second-order valence-electron chi connectivity index (χ2n) is 9.42. The molecule has 180 valence electrons. The number of methoxy groups -OCH3 is 2. The Hall–Kier alpha value is -2.54. The fourth-order valence-electron chi connectivity index (χ4n) is 5.17. The van der Waals surface area contributed by atoms with Crippen molar-refractivity contribution in [3.8, 4) is 11.5 Å². The van der Waals surface area contributed by atoms with Gasteiger partial charge in [0.25, 0.3) is 0 Å². The maximum Gasteiger partial charge on any atom is 0.226 e. The predicted octanol–water partition coefficient (Wildman–Crippen LogP) is 4.41. The third kappa shape index (κ3) is 5.18. The maximum absolute atomic E-state index is 13.7. The van der Waals surface area contributed by atoms with Crippen LogP contribution in [-0.2, 0) is 16.1 Å². The minimum absolute atomic E-state index is 0.114. The van der Waals surface area contributed by atoms with Gasteiger partial charge in [0.05, 0.1) is 20.3 Å². The molecule has 1 aliphatic heterocycles. The number of carbonyl (C=O) groups is 1. The molecule has 1 atom stereocenters. The van der Waals surface area contributed by atoms with Crippen LogP contribution in [0.2, 0.25) is 0 Å². The summed E-state index contributed by atoms with van der Waals surface area (Å²) in [5, 5.41) is 0.889. The van der Waals surface area contributed by atoms with Gasteiger partial charge in [0.15, 0.2) is 0 Å². The van der Waals surface area contributed by atoms with E-state index in [1.54, 1.807) is 14.2 Å². The van der Waals surface area contributed by atoms with Crippen LogP contribution < -0.4 is 14.4 Å². The van der Waals surface area contributed by atoms with Crippen LogP contribution in [0, 0.1) is 5.92 Å². The summed E-state index contributed by atoms with van der Waals surface area (Å²) in [6.07, 6.45) is 7.68. The summed E-state index contributed by atoms with van der Waals surface area (Å²) in [5.41, 5.74) is 1.76. The van der Waals surface area contributed by atoms with Gasteiger partial charge < -0.3 is 24.0 Å². The summed E-state index contributed by atoms with van der Waals surface area (Å²) in [6, 6.07) is 5.89. The number of pyridine rings is 1. The third-order valence-electron chi connectivity index (χ3n) is 6.90. The molecule has 1 aliphatic carbocycles. The van der Waals surface area contributed by atoms with Gasteiger partial charge in [-0.25, -0.2) is 4.98 Å². The van der Waals surface area contributed by atoms with Crippen LogP contribution >= 0.6 is 0 Å². The van der Waals surface area contributed by atoms with E-state index in [0.717, 1.165) is 73.2 Å². The summed E-state index contributed by atoms with van der Waals surface area (Å²) in [5.74, 6) is 2.66. The Morgan fingerprint density at radius 2 is 1.79 bits per heavy atom. The number of carbonyl (C=O) groups excluding carboxylic acids is 1. The van der Waals surface area contributed by atoms with E-state index < -0.39 is 0 Å². The number of fused-ring (bicyclic) bond motifs is 1. The molecule has 1 amide bonds. The highest BCUT2D eigenvalue weighted by molar-refractivity contribution is 5.92. The molecule has 0 N–H and O–H groups in total. The van der Waals surface area contributed by atoms with Crippen LogP contribution in [0.4, 0.5) is 5.82 Å². The van der Waals surface area contributed by atoms with Crippen molar-refractivity contribution in [2.45, 2.75) is 57.6 Å². The van der Waals surface area contributed by atoms with Crippen molar-refractivity contribution in [2.75, 3.05) is 46.4 Å². The summed E-state index contributed by atoms with van der Waals surface area (Å²) < 4.78 is 17.1. The smallest absolute Gasteiger partial charge is 0.226 e. The van der Waals surface area contributed by atoms with Crippen LogP contribution in [0.5, 0.6) is 11.5 Å². The number of anilines is 1. The molecular weight excluding hydrogens is 418 g/mol. The minimum atomic E-state index is 0.114. The first-order valence-electron chi connectivity index (χ1n) is 12.1. The van der Waals surface area contributed by atoms with Crippen LogP contribution in [0.1, 0.15) is 50.5 Å². The lowest BCUT2D eigenvalue weighted by molar-refractivity contribution is -0.138. The van der Waals surface area contributed by atoms with Crippen molar-refractivity contribution in [3.05, 3.63) is 23.8 Å². The Morgan fingerprint density at radius 1 is 1.06 bits per heavy atom. The lowest BCUT2D eigenvalue weighted by Gasteiger charge is -2.32. The number of ether oxygens (including phenoxy) is 3. The molecule has 0 spiro atoms. The number of amides is 1. The van der Waals surface area contributed by atoms with E-state index in [9.17, 15) is 4.79 Å². The molecule has 4 rings (SSSR count). The van der Waals surface area contributed by atoms with Gasteiger partial charge in [-0.05, 0) is 43.9 Å². The summed E-state index contributed by atoms with van der Waals surface area (Å²) >= 11 is 0. The van der Waals surface area contributed by atoms with Gasteiger partial charge in [-0.2, -0.15) is 0 Å². The Bertz CT molecular complexity index is 966. The first-order chi connectivity index (χ1) is 16.0. The van der Waals surface area contributed by atoms with Crippen LogP contribution in [0.15, 0.2) is 18.2 Å². The standard InChI is InChI=1S/C26H37N3O4/c1-28(2)25-19(15-21-22(31-3)12-13-23(32-4)24(21)27-25)16-29(17-20-11-8-14-33-20)26(30)18-9-6-5-7-10-18/h12-13,15,18,20H,5-11,14,16-17H2,1-4H3. The fourth-order valence-corrected chi connectivity index (χ4v) is 5.17. The first kappa shape index (κ1) is 23.6. The van der Waals surface area contributed by atoms with Crippen LogP contribution in [0.25, 0.3) is 10.9 Å². The average molecular weight is 456 g/mol. The number of nitrogens with zero attached hydrogens (tertiary/aromatic N) is 3. The predicted molar refractivity (Wildman–Crippen MR) is 130 cm³/mol. The molecule has 0 radical (unpaired) electrons. The van der Waals surface area contributed by atoms with Crippen LogP contribution in [-0.4, -0.2) is 63.4 Å². The summed E-state index contributed by atoms with van der Waals surface area (Å²) in [7, 11) is 7.28. The van der Waals surface area contributed by atoms with Crippen molar-refractivity contribution >= 4 is 22.6 Å². The topological polar surface area (TPSA) is 64.1 Å². The monoisotopic (exact) mass is 455 g/mol. The highest BCUT2D eigenvalue weighted by Crippen LogP contribution is 2.36. The second kappa shape index (κ2) is 10.6. The molecule has 1 saturated heterocycles. The Labute approximate surface area is 197 Å². The van der Waals surface area contributed by atoms with Gasteiger partial charge in [-0.1, -0.05) is 19.3 Å². The molecule has 2 fully saturated rings. The highest BCUT2D eigenvalue weighted by atomic mass is 16.5. The third-order valence-corrected chi connectivity index (χ3v) is 6.90. The molecule has 1 aromatic heterocycles. The zero-order chi connectivity index (χ0) is 23.4. The van der Waals surface area contributed by atoms with Crippen molar-refractivity contribution in [1.82, 2.24) is 9.88 Å². The molecule has 33 heavy (non-hydrogen) atoms. The molecule has 1 aromatic carbocycles. The minimum Gasteiger partial charge on any atom is -0.496 e. The molecule has 1 unspecified atom stereocenters. The van der Waals surface area contributed by atoms with E-state index >= 15 is 0 Å². The van der Waals surface area contributed by atoms with Crippen molar-refractivity contribution < 1.29 is 19.0 Å². The normalized spacial score (nSPS) is 19.0. The summed E-state index contributed by atoms with van der Waals surface area (Å²) in [4.78, 5) is 22.6. The molecule has 7 heteroatoms. The molecule has 7 nitrogen and oxygen atoms in total. The van der Waals surface area contributed by atoms with E-state index in [-0.39, 0.29) is 17.9 Å². The van der Waals surface area contributed by atoms with E-state index in [0.29, 0.717) is 18.8 Å². The number of aromatic nitrogens is 1. The molecular formula is C26H37N3O4. The van der Waals surface area contributed by atoms with Gasteiger partial charge in [0.2, 0.25) is 5.91 Å². The van der Waals surface area contributed by atoms with Crippen molar-refractivity contribution in [3.63, 3.8) is 0 Å². The van der Waals surface area contributed by atoms with Gasteiger partial charge in [-0.15, -0.1) is 0 Å². The average Bonchev–Trinajstić information content (AvgIpc) is 3.35. The molecule has 2 aliphatic rings. The van der Waals surface area contributed by atoms with Gasteiger partial charge >= 0.3 is 0 Å². The number of rotatable bonds is 8. The second-order valence-corrected chi connectivity index (χ2v) is 9.42. The Kier molecular flexibility index (Phi) is 7.58. The molecule has 2 heterocycles. The zero-order valence-electron chi connectivity index (χ0n) is 20.4. The quantitative estimate of drug-likeness (QED) is 0.588. The molecule has 0 bridgehead atoms. The summed E-state index contributed by atoms with van der Waals surface area (Å²) in [6.45, 7) is 1.93. The van der Waals surface area contributed by atoms with Crippen molar-refractivity contribution in [1.29, 1.82) is 0 Å². The molecule has 2 aromatic rings. The Balaban J connectivity index is 1.72. The SMILES string of the molecule is COc1ccc(OC)c2nc(N(C)C)c(CN(CC3CCCO3)C(=O)C3CCCCC3)cc12. The van der Waals surface area contributed by atoms with E-state index in [1.807, 2.05) is 36.0 Å². The van der Waals surface area contributed by atoms with Gasteiger partial charge in [0.1, 0.15) is 22.8 Å². The lowest BCUT2D eigenvalue weighted by Crippen LogP contribution is -2.41. The Morgan fingerprint density at radius 3 is 2.42 bits per heavy atom. The van der Waals surface area contributed by atoms with Crippen LogP contribution in [0.3, 0.4) is 0 Å². The zero-order valence-corrected chi connectivity index (χ0v) is 20.4. The maximum atomic E-state index is 13.7. The number of benzene rings is 1. The highest BCUT2D eigenvalue weighted by Gasteiger charge is 2.30. The number of hydrogen-bond donors (Lipinski definition) is 0. The van der Waals surface area contributed by atoms with Gasteiger partial charge in [0, 0.05) is 50.7 Å². The number of hydrogen-bond acceptors (Lipinski definition) is 6. The van der Waals surface area contributed by atoms with E-state index in [4.69, 9.17) is 19.2 Å². The lowest BCUT2D eigenvalue weighted by atomic mass is 9.88.